The monoisotopic (exact) mass is 361 g/mol. The first-order chi connectivity index (χ1) is 12.3. The molecule has 5 nitrogen and oxygen atoms in total. The first-order valence-electron chi connectivity index (χ1n) is 9.19. The molecule has 25 heavy (non-hydrogen) atoms. The number of nitrogens with zero attached hydrogens (tertiary/aromatic N) is 3. The molecule has 0 saturated heterocycles. The van der Waals surface area contributed by atoms with Crippen molar-refractivity contribution in [1.29, 1.82) is 0 Å². The number of fused-ring (bicyclic) bond motifs is 1. The molecule has 0 aliphatic heterocycles. The van der Waals surface area contributed by atoms with Crippen LogP contribution in [-0.2, 0) is 6.54 Å². The number of guanidine groups is 1. The van der Waals surface area contributed by atoms with Gasteiger partial charge in [-0.3, -0.25) is 4.99 Å². The summed E-state index contributed by atoms with van der Waals surface area (Å²) in [6.07, 6.45) is 5.60. The van der Waals surface area contributed by atoms with E-state index in [1.165, 1.54) is 24.1 Å². The Hall–Kier alpha value is -1.69. The molecule has 0 amide bonds. The topological polar surface area (TPSA) is 54.2 Å². The van der Waals surface area contributed by atoms with Crippen LogP contribution in [0.4, 0.5) is 0 Å². The molecule has 2 aromatic rings. The minimum absolute atomic E-state index is 0.812. The number of thioether (sulfide) groups is 1. The van der Waals surface area contributed by atoms with Crippen molar-refractivity contribution >= 4 is 28.8 Å². The van der Waals surface area contributed by atoms with Crippen LogP contribution in [0.25, 0.3) is 11.0 Å². The van der Waals surface area contributed by atoms with Gasteiger partial charge in [-0.15, -0.1) is 0 Å². The van der Waals surface area contributed by atoms with Gasteiger partial charge in [0.25, 0.3) is 0 Å². The van der Waals surface area contributed by atoms with Crippen molar-refractivity contribution in [3.05, 3.63) is 30.1 Å². The number of rotatable bonds is 10. The fourth-order valence-corrected chi connectivity index (χ4v) is 3.31. The Morgan fingerprint density at radius 1 is 1.20 bits per heavy atom. The molecule has 0 aliphatic rings. The van der Waals surface area contributed by atoms with Crippen LogP contribution in [0.2, 0.25) is 0 Å². The van der Waals surface area contributed by atoms with Crippen LogP contribution >= 0.6 is 11.8 Å². The summed E-state index contributed by atoms with van der Waals surface area (Å²) in [5.74, 6) is 3.23. The Balaban J connectivity index is 1.81. The summed E-state index contributed by atoms with van der Waals surface area (Å²) < 4.78 is 2.29. The van der Waals surface area contributed by atoms with Crippen molar-refractivity contribution in [3.63, 3.8) is 0 Å². The molecule has 0 atom stereocenters. The molecular weight excluding hydrogens is 330 g/mol. The first-order valence-corrected chi connectivity index (χ1v) is 10.6. The first kappa shape index (κ1) is 19.6. The Morgan fingerprint density at radius 3 is 2.84 bits per heavy atom. The van der Waals surface area contributed by atoms with Gasteiger partial charge in [0, 0.05) is 26.2 Å². The molecule has 2 rings (SSSR count). The summed E-state index contributed by atoms with van der Waals surface area (Å²) in [5.41, 5.74) is 2.28. The van der Waals surface area contributed by atoms with Crippen molar-refractivity contribution in [3.8, 4) is 0 Å². The second-order valence-corrected chi connectivity index (χ2v) is 7.03. The van der Waals surface area contributed by atoms with Gasteiger partial charge < -0.3 is 15.2 Å². The van der Waals surface area contributed by atoms with Crippen LogP contribution < -0.4 is 10.6 Å². The van der Waals surface area contributed by atoms with Gasteiger partial charge in [-0.05, 0) is 57.3 Å². The van der Waals surface area contributed by atoms with Gasteiger partial charge >= 0.3 is 0 Å². The molecule has 0 bridgehead atoms. The Labute approximate surface area is 155 Å². The fraction of sp³-hybridized carbons (Fsp3) is 0.579. The minimum Gasteiger partial charge on any atom is -0.357 e. The van der Waals surface area contributed by atoms with E-state index in [-0.39, 0.29) is 0 Å². The number of para-hydroxylation sites is 2. The summed E-state index contributed by atoms with van der Waals surface area (Å²) in [5, 5.41) is 6.75. The number of hydrogen-bond donors (Lipinski definition) is 2. The van der Waals surface area contributed by atoms with Gasteiger partial charge in [-0.2, -0.15) is 11.8 Å². The van der Waals surface area contributed by atoms with Crippen LogP contribution in [0.3, 0.4) is 0 Å². The number of aromatic nitrogens is 2. The van der Waals surface area contributed by atoms with E-state index < -0.39 is 0 Å². The third kappa shape index (κ3) is 6.27. The van der Waals surface area contributed by atoms with Gasteiger partial charge in [0.15, 0.2) is 5.96 Å². The molecule has 138 valence electrons. The molecule has 0 saturated carbocycles. The standard InChI is InChI=1S/C19H31N5S/c1-4-20-19(21-12-7-8-15-25-3)22-13-9-14-24-16(2)23-17-10-5-6-11-18(17)24/h5-6,10-11H,4,7-9,12-15H2,1-3H3,(H2,20,21,22). The smallest absolute Gasteiger partial charge is 0.191 e. The molecular formula is C19H31N5S. The quantitative estimate of drug-likeness (QED) is 0.387. The highest BCUT2D eigenvalue weighted by Crippen LogP contribution is 2.15. The van der Waals surface area contributed by atoms with Gasteiger partial charge in [0.1, 0.15) is 5.82 Å². The molecule has 0 fully saturated rings. The summed E-state index contributed by atoms with van der Waals surface area (Å²) >= 11 is 1.91. The van der Waals surface area contributed by atoms with Gasteiger partial charge in [-0.25, -0.2) is 4.98 Å². The van der Waals surface area contributed by atoms with Crippen molar-refractivity contribution in [2.24, 2.45) is 4.99 Å². The number of unbranched alkanes of at least 4 members (excludes halogenated alkanes) is 1. The van der Waals surface area contributed by atoms with E-state index in [0.29, 0.717) is 0 Å². The number of imidazole rings is 1. The van der Waals surface area contributed by atoms with Gasteiger partial charge in [-0.1, -0.05) is 12.1 Å². The van der Waals surface area contributed by atoms with Crippen LogP contribution in [0.5, 0.6) is 0 Å². The highest BCUT2D eigenvalue weighted by atomic mass is 32.2. The van der Waals surface area contributed by atoms with Crippen LogP contribution in [-0.4, -0.2) is 47.2 Å². The minimum atomic E-state index is 0.812. The van der Waals surface area contributed by atoms with Gasteiger partial charge in [0.05, 0.1) is 11.0 Å². The summed E-state index contributed by atoms with van der Waals surface area (Å²) in [6, 6.07) is 8.32. The normalized spacial score (nSPS) is 11.9. The number of nitrogens with one attached hydrogen (secondary N) is 2. The van der Waals surface area contributed by atoms with Gasteiger partial charge in [0.2, 0.25) is 0 Å². The maximum atomic E-state index is 4.70. The van der Waals surface area contributed by atoms with E-state index in [2.05, 4.69) is 58.5 Å². The lowest BCUT2D eigenvalue weighted by Crippen LogP contribution is -2.37. The van der Waals surface area contributed by atoms with E-state index in [1.54, 1.807) is 0 Å². The number of aliphatic imine (C=N–C) groups is 1. The molecule has 6 heteroatoms. The van der Waals surface area contributed by atoms with E-state index in [0.717, 1.165) is 49.9 Å². The van der Waals surface area contributed by atoms with E-state index in [9.17, 15) is 0 Å². The van der Waals surface area contributed by atoms with Crippen LogP contribution in [0.15, 0.2) is 29.3 Å². The maximum absolute atomic E-state index is 4.70. The van der Waals surface area contributed by atoms with Crippen molar-refractivity contribution in [2.75, 3.05) is 31.6 Å². The molecule has 0 unspecified atom stereocenters. The SMILES string of the molecule is CCNC(=NCCCn1c(C)nc2ccccc21)NCCCCSC. The van der Waals surface area contributed by atoms with E-state index >= 15 is 0 Å². The summed E-state index contributed by atoms with van der Waals surface area (Å²) in [7, 11) is 0. The van der Waals surface area contributed by atoms with Crippen LogP contribution in [0, 0.1) is 6.92 Å². The fourth-order valence-electron chi connectivity index (χ4n) is 2.82. The zero-order valence-electron chi connectivity index (χ0n) is 15.7. The lowest BCUT2D eigenvalue weighted by molar-refractivity contribution is 0.644. The van der Waals surface area contributed by atoms with Crippen molar-refractivity contribution in [2.45, 2.75) is 39.7 Å². The lowest BCUT2D eigenvalue weighted by Gasteiger charge is -2.11. The van der Waals surface area contributed by atoms with Crippen molar-refractivity contribution in [1.82, 2.24) is 20.2 Å². The highest BCUT2D eigenvalue weighted by molar-refractivity contribution is 7.98. The predicted octanol–water partition coefficient (Wildman–Crippen LogP) is 3.43. The molecule has 0 radical (unpaired) electrons. The second-order valence-electron chi connectivity index (χ2n) is 6.04. The molecule has 2 N–H and O–H groups in total. The second kappa shape index (κ2) is 11.0. The maximum Gasteiger partial charge on any atom is 0.191 e. The average Bonchev–Trinajstić information content (AvgIpc) is 2.93. The molecule has 0 aliphatic carbocycles. The average molecular weight is 362 g/mol. The molecule has 1 aromatic carbocycles. The number of aryl methyl sites for hydroxylation is 2. The zero-order chi connectivity index (χ0) is 17.9. The Kier molecular flexibility index (Phi) is 8.66. The molecule has 1 aromatic heterocycles. The van der Waals surface area contributed by atoms with E-state index in [1.807, 2.05) is 17.8 Å². The number of benzene rings is 1. The van der Waals surface area contributed by atoms with E-state index in [4.69, 9.17) is 4.99 Å². The van der Waals surface area contributed by atoms with Crippen molar-refractivity contribution < 1.29 is 0 Å². The molecule has 1 heterocycles. The Bertz CT molecular complexity index is 665. The highest BCUT2D eigenvalue weighted by Gasteiger charge is 2.05. The number of hydrogen-bond acceptors (Lipinski definition) is 3. The predicted molar refractivity (Wildman–Crippen MR) is 111 cm³/mol. The summed E-state index contributed by atoms with van der Waals surface area (Å²) in [6.45, 7) is 7.81. The largest absolute Gasteiger partial charge is 0.357 e. The Morgan fingerprint density at radius 2 is 2.04 bits per heavy atom. The van der Waals surface area contributed by atoms with Crippen LogP contribution in [0.1, 0.15) is 32.0 Å². The molecule has 0 spiro atoms. The lowest BCUT2D eigenvalue weighted by atomic mass is 10.3. The third-order valence-corrected chi connectivity index (χ3v) is 4.76. The summed E-state index contributed by atoms with van der Waals surface area (Å²) in [4.78, 5) is 9.32. The third-order valence-electron chi connectivity index (χ3n) is 4.07. The zero-order valence-corrected chi connectivity index (χ0v) is 16.5.